The Labute approximate surface area is 134 Å². The third kappa shape index (κ3) is 4.48. The molecule has 0 aliphatic heterocycles. The number of nitrogens with zero attached hydrogens (tertiary/aromatic N) is 1. The first-order valence-electron chi connectivity index (χ1n) is 7.98. The lowest BCUT2D eigenvalue weighted by Crippen LogP contribution is -2.97. The lowest BCUT2D eigenvalue weighted by Gasteiger charge is -2.28. The van der Waals surface area contributed by atoms with Gasteiger partial charge in [0.2, 0.25) is 5.82 Å². The minimum Gasteiger partial charge on any atom is -0.334 e. The van der Waals surface area contributed by atoms with Gasteiger partial charge in [-0.3, -0.25) is 14.9 Å². The number of hydrogen-bond donors (Lipinski definition) is 2. The number of halogens is 1. The summed E-state index contributed by atoms with van der Waals surface area (Å²) in [7, 11) is 0. The van der Waals surface area contributed by atoms with Gasteiger partial charge in [-0.25, -0.2) is 0 Å². The number of nitro benzene ring substituents is 1. The molecule has 1 aromatic rings. The van der Waals surface area contributed by atoms with E-state index in [0.29, 0.717) is 12.0 Å². The molecule has 126 valence electrons. The van der Waals surface area contributed by atoms with Crippen LogP contribution in [0.1, 0.15) is 39.5 Å². The third-order valence-electron chi connectivity index (χ3n) is 4.54. The van der Waals surface area contributed by atoms with Crippen molar-refractivity contribution in [2.45, 2.75) is 51.6 Å². The van der Waals surface area contributed by atoms with Gasteiger partial charge in [0.1, 0.15) is 0 Å². The summed E-state index contributed by atoms with van der Waals surface area (Å²) in [6, 6.07) is 3.49. The Hall–Kier alpha value is -2.02. The number of hydrogen-bond acceptors (Lipinski definition) is 3. The molecule has 0 radical (unpaired) electrons. The van der Waals surface area contributed by atoms with Crippen molar-refractivity contribution in [1.82, 2.24) is 0 Å². The summed E-state index contributed by atoms with van der Waals surface area (Å²) in [6.07, 6.45) is 4.70. The van der Waals surface area contributed by atoms with E-state index in [1.165, 1.54) is 25.3 Å². The van der Waals surface area contributed by atoms with Crippen molar-refractivity contribution in [3.05, 3.63) is 34.1 Å². The van der Waals surface area contributed by atoms with Crippen molar-refractivity contribution in [3.8, 4) is 0 Å². The Morgan fingerprint density at radius 2 is 2.13 bits per heavy atom. The molecular weight excluding hydrogens is 301 g/mol. The number of nitro groups is 1. The molecule has 0 heterocycles. The molecule has 23 heavy (non-hydrogen) atoms. The van der Waals surface area contributed by atoms with E-state index in [2.05, 4.69) is 17.6 Å². The molecule has 1 aromatic carbocycles. The zero-order chi connectivity index (χ0) is 17.0. The van der Waals surface area contributed by atoms with Crippen LogP contribution in [0.4, 0.5) is 15.8 Å². The standard InChI is InChI=1S/C16H22FN3O3/c1-10-5-3-4-6-14(10)18-11(2)16(21)19-12-7-8-13(17)15(9-12)20(22)23/h7-11,14,18H,3-6H2,1-2H3,(H,19,21)/p+1/t10-,11+,14-/m1/s1. The number of anilines is 1. The predicted octanol–water partition coefficient (Wildman–Crippen LogP) is 2.20. The maximum Gasteiger partial charge on any atom is 0.306 e. The van der Waals surface area contributed by atoms with E-state index >= 15 is 0 Å². The first-order chi connectivity index (χ1) is 10.9. The molecule has 0 saturated heterocycles. The number of carbonyl (C=O) groups is 1. The normalized spacial score (nSPS) is 22.4. The van der Waals surface area contributed by atoms with Gasteiger partial charge in [-0.05, 0) is 38.3 Å². The molecule has 0 spiro atoms. The molecule has 3 atom stereocenters. The predicted molar refractivity (Wildman–Crippen MR) is 84.5 cm³/mol. The van der Waals surface area contributed by atoms with Crippen LogP contribution < -0.4 is 10.6 Å². The van der Waals surface area contributed by atoms with Crippen LogP contribution in [0.5, 0.6) is 0 Å². The maximum atomic E-state index is 13.3. The smallest absolute Gasteiger partial charge is 0.306 e. The van der Waals surface area contributed by atoms with E-state index in [9.17, 15) is 19.3 Å². The molecule has 0 aromatic heterocycles. The minimum atomic E-state index is -0.913. The molecule has 3 N–H and O–H groups in total. The average Bonchev–Trinajstić information content (AvgIpc) is 2.51. The van der Waals surface area contributed by atoms with Gasteiger partial charge in [0, 0.05) is 17.7 Å². The molecule has 0 bridgehead atoms. The molecule has 2 rings (SSSR count). The summed E-state index contributed by atoms with van der Waals surface area (Å²) < 4.78 is 13.3. The zero-order valence-electron chi connectivity index (χ0n) is 13.4. The maximum absolute atomic E-state index is 13.3. The molecule has 0 unspecified atom stereocenters. The highest BCUT2D eigenvalue weighted by Crippen LogP contribution is 2.22. The largest absolute Gasteiger partial charge is 0.334 e. The summed E-state index contributed by atoms with van der Waals surface area (Å²) in [5, 5.41) is 15.4. The number of rotatable bonds is 5. The van der Waals surface area contributed by atoms with Crippen LogP contribution in [-0.4, -0.2) is 22.9 Å². The molecule has 1 saturated carbocycles. The fourth-order valence-corrected chi connectivity index (χ4v) is 3.08. The highest BCUT2D eigenvalue weighted by molar-refractivity contribution is 5.93. The van der Waals surface area contributed by atoms with Gasteiger partial charge >= 0.3 is 5.69 Å². The Balaban J connectivity index is 1.98. The first kappa shape index (κ1) is 17.3. The average molecular weight is 324 g/mol. The van der Waals surface area contributed by atoms with Crippen molar-refractivity contribution >= 4 is 17.3 Å². The fraction of sp³-hybridized carbons (Fsp3) is 0.562. The first-order valence-corrected chi connectivity index (χ1v) is 7.98. The second-order valence-electron chi connectivity index (χ2n) is 6.32. The zero-order valence-corrected chi connectivity index (χ0v) is 13.4. The third-order valence-corrected chi connectivity index (χ3v) is 4.54. The van der Waals surface area contributed by atoms with E-state index in [1.807, 2.05) is 6.92 Å². The Kier molecular flexibility index (Phi) is 5.65. The van der Waals surface area contributed by atoms with Gasteiger partial charge < -0.3 is 10.6 Å². The molecule has 1 aliphatic carbocycles. The second kappa shape index (κ2) is 7.50. The van der Waals surface area contributed by atoms with E-state index in [0.717, 1.165) is 18.6 Å². The Morgan fingerprint density at radius 3 is 2.78 bits per heavy atom. The lowest BCUT2D eigenvalue weighted by molar-refractivity contribution is -0.714. The van der Waals surface area contributed by atoms with Crippen LogP contribution in [0.15, 0.2) is 18.2 Å². The highest BCUT2D eigenvalue weighted by atomic mass is 19.1. The van der Waals surface area contributed by atoms with Crippen LogP contribution in [0.2, 0.25) is 0 Å². The molecule has 1 amide bonds. The van der Waals surface area contributed by atoms with Crippen molar-refractivity contribution in [2.75, 3.05) is 5.32 Å². The topological polar surface area (TPSA) is 88.8 Å². The molecular formula is C16H23FN3O3+. The van der Waals surface area contributed by atoms with Crippen LogP contribution in [0, 0.1) is 21.8 Å². The summed E-state index contributed by atoms with van der Waals surface area (Å²) in [5.74, 6) is -0.571. The van der Waals surface area contributed by atoms with Gasteiger partial charge in [-0.15, -0.1) is 0 Å². The molecule has 1 aliphatic rings. The van der Waals surface area contributed by atoms with Gasteiger partial charge in [-0.2, -0.15) is 4.39 Å². The lowest BCUT2D eigenvalue weighted by atomic mass is 9.85. The van der Waals surface area contributed by atoms with Crippen LogP contribution >= 0.6 is 0 Å². The number of benzene rings is 1. The van der Waals surface area contributed by atoms with Crippen LogP contribution in [0.25, 0.3) is 0 Å². The summed E-state index contributed by atoms with van der Waals surface area (Å²) in [6.45, 7) is 4.02. The van der Waals surface area contributed by atoms with Crippen molar-refractivity contribution < 1.29 is 19.4 Å². The van der Waals surface area contributed by atoms with Crippen LogP contribution in [-0.2, 0) is 4.79 Å². The highest BCUT2D eigenvalue weighted by Gasteiger charge is 2.28. The Bertz CT molecular complexity index is 594. The summed E-state index contributed by atoms with van der Waals surface area (Å²) >= 11 is 0. The summed E-state index contributed by atoms with van der Waals surface area (Å²) in [5.41, 5.74) is -0.402. The number of quaternary nitrogens is 1. The monoisotopic (exact) mass is 324 g/mol. The van der Waals surface area contributed by atoms with Gasteiger partial charge in [-0.1, -0.05) is 13.3 Å². The molecule has 6 nitrogen and oxygen atoms in total. The van der Waals surface area contributed by atoms with E-state index in [-0.39, 0.29) is 17.6 Å². The molecule has 7 heteroatoms. The molecule has 1 fully saturated rings. The van der Waals surface area contributed by atoms with Crippen molar-refractivity contribution in [1.29, 1.82) is 0 Å². The Morgan fingerprint density at radius 1 is 1.43 bits per heavy atom. The van der Waals surface area contributed by atoms with E-state index in [1.54, 1.807) is 0 Å². The quantitative estimate of drug-likeness (QED) is 0.643. The number of carbonyl (C=O) groups excluding carboxylic acids is 1. The SMILES string of the molecule is C[C@H]([NH2+][C@@H]1CCCC[C@H]1C)C(=O)Nc1ccc(F)c([N+](=O)[O-])c1. The van der Waals surface area contributed by atoms with E-state index in [4.69, 9.17) is 0 Å². The van der Waals surface area contributed by atoms with E-state index < -0.39 is 16.4 Å². The van der Waals surface area contributed by atoms with Crippen molar-refractivity contribution in [3.63, 3.8) is 0 Å². The van der Waals surface area contributed by atoms with Gasteiger partial charge in [0.25, 0.3) is 5.91 Å². The van der Waals surface area contributed by atoms with Crippen LogP contribution in [0.3, 0.4) is 0 Å². The second-order valence-corrected chi connectivity index (χ2v) is 6.32. The number of amides is 1. The number of nitrogens with one attached hydrogen (secondary N) is 1. The van der Waals surface area contributed by atoms with Gasteiger partial charge in [0.15, 0.2) is 6.04 Å². The number of nitrogens with two attached hydrogens (primary N) is 1. The van der Waals surface area contributed by atoms with Gasteiger partial charge in [0.05, 0.1) is 11.0 Å². The fourth-order valence-electron chi connectivity index (χ4n) is 3.08. The van der Waals surface area contributed by atoms with Crippen molar-refractivity contribution in [2.24, 2.45) is 5.92 Å². The minimum absolute atomic E-state index is 0.233. The summed E-state index contributed by atoms with van der Waals surface area (Å²) in [4.78, 5) is 22.2.